The Labute approximate surface area is 190 Å². The van der Waals surface area contributed by atoms with Crippen LogP contribution in [0.5, 0.6) is 11.5 Å². The minimum Gasteiger partial charge on any atom is -0.543 e. The third-order valence-electron chi connectivity index (χ3n) is 3.14. The number of carboxylic acids is 2. The molecule has 0 spiro atoms. The minimum atomic E-state index is -1.47. The molecule has 3 heterocycles. The summed E-state index contributed by atoms with van der Waals surface area (Å²) in [5.41, 5.74) is 0.329. The predicted molar refractivity (Wildman–Crippen MR) is 104 cm³/mol. The monoisotopic (exact) mass is 481 g/mol. The quantitative estimate of drug-likeness (QED) is 0.328. The van der Waals surface area contributed by atoms with Crippen molar-refractivity contribution in [3.8, 4) is 11.5 Å². The molecule has 0 aliphatic rings. The van der Waals surface area contributed by atoms with Gasteiger partial charge in [0.2, 0.25) is 0 Å². The van der Waals surface area contributed by atoms with E-state index in [4.69, 9.17) is 10.2 Å². The van der Waals surface area contributed by atoms with Crippen molar-refractivity contribution in [1.82, 2.24) is 15.0 Å². The summed E-state index contributed by atoms with van der Waals surface area (Å²) in [5.74, 6) is -3.69. The van der Waals surface area contributed by atoms with Crippen LogP contribution in [-0.4, -0.2) is 51.2 Å². The fraction of sp³-hybridized carbons (Fsp3) is 0.105. The molecule has 0 atom stereocenters. The van der Waals surface area contributed by atoms with Gasteiger partial charge in [-0.25, -0.2) is 0 Å². The van der Waals surface area contributed by atoms with E-state index >= 15 is 0 Å². The first-order chi connectivity index (χ1) is 13.7. The van der Waals surface area contributed by atoms with Gasteiger partial charge < -0.3 is 40.4 Å². The van der Waals surface area contributed by atoms with E-state index in [2.05, 4.69) is 15.0 Å². The summed E-state index contributed by atoms with van der Waals surface area (Å²) < 4.78 is 0. The Bertz CT molecular complexity index is 888. The van der Waals surface area contributed by atoms with Gasteiger partial charge in [0.25, 0.3) is 0 Å². The molecule has 0 aliphatic carbocycles. The smallest absolute Gasteiger partial charge is 0.543 e. The van der Waals surface area contributed by atoms with Crippen LogP contribution in [-0.2, 0) is 25.0 Å². The Morgan fingerprint density at radius 2 is 1.19 bits per heavy atom. The number of pyridine rings is 3. The van der Waals surface area contributed by atoms with Gasteiger partial charge in [0.1, 0.15) is 22.9 Å². The number of hydrogen-bond acceptors (Lipinski definition) is 10. The number of hydrogen-bond donors (Lipinski definition) is 2. The zero-order valence-electron chi connectivity index (χ0n) is 16.9. The first kappa shape index (κ1) is 29.6. The van der Waals surface area contributed by atoms with Crippen LogP contribution in [0.15, 0.2) is 61.2 Å². The molecule has 160 valence electrons. The second-order valence-electron chi connectivity index (χ2n) is 5.42. The average molecular weight is 483 g/mol. The molecule has 0 bridgehead atoms. The molecule has 0 aromatic carbocycles. The van der Waals surface area contributed by atoms with Crippen molar-refractivity contribution in [2.24, 2.45) is 0 Å². The van der Waals surface area contributed by atoms with E-state index in [9.17, 15) is 19.8 Å². The van der Waals surface area contributed by atoms with Crippen LogP contribution < -0.4 is 15.1 Å². The summed E-state index contributed by atoms with van der Waals surface area (Å²) in [6.45, 7) is 0. The van der Waals surface area contributed by atoms with Gasteiger partial charge >= 0.3 is 19.5 Å². The zero-order chi connectivity index (χ0) is 21.8. The number of nitrogens with zero attached hydrogens (tertiary/aromatic N) is 4. The molecule has 3 aromatic heterocycles. The number of anilines is 1. The van der Waals surface area contributed by atoms with Gasteiger partial charge in [-0.1, -0.05) is 0 Å². The number of aromatic carboxylic acids is 2. The number of aromatic nitrogens is 3. The molecule has 3 aromatic rings. The summed E-state index contributed by atoms with van der Waals surface area (Å²) in [6.07, 6.45) is 6.11. The molecule has 0 unspecified atom stereocenters. The molecular formula is C19H21N4O7Zn+. The number of carbonyl (C=O) groups is 2. The number of aromatic hydroxyl groups is 2. The third-order valence-corrected chi connectivity index (χ3v) is 3.14. The summed E-state index contributed by atoms with van der Waals surface area (Å²) in [5, 5.41) is 37.8. The van der Waals surface area contributed by atoms with E-state index in [-0.39, 0.29) is 36.5 Å². The SMILES string of the molecule is CN(C)c1ccncc1.O=C([O-])c1ncccc1O.O=C([O-])c1ncccc1O.[OH3+].[Zn+2]. The van der Waals surface area contributed by atoms with Crippen LogP contribution >= 0.6 is 0 Å². The first-order valence-corrected chi connectivity index (χ1v) is 8.02. The maximum absolute atomic E-state index is 10.1. The fourth-order valence-electron chi connectivity index (χ4n) is 1.75. The largest absolute Gasteiger partial charge is 2.00 e. The normalized spacial score (nSPS) is 8.58. The van der Waals surface area contributed by atoms with Gasteiger partial charge in [0.05, 0.1) is 11.9 Å². The van der Waals surface area contributed by atoms with Crippen LogP contribution in [0.2, 0.25) is 0 Å². The van der Waals surface area contributed by atoms with E-state index < -0.39 is 23.3 Å². The maximum atomic E-state index is 10.1. The van der Waals surface area contributed by atoms with E-state index in [1.165, 1.54) is 42.3 Å². The van der Waals surface area contributed by atoms with Crippen molar-refractivity contribution in [1.29, 1.82) is 0 Å². The molecule has 3 rings (SSSR count). The van der Waals surface area contributed by atoms with Gasteiger partial charge in [-0.2, -0.15) is 0 Å². The van der Waals surface area contributed by atoms with Gasteiger partial charge in [-0.3, -0.25) is 15.0 Å². The second-order valence-corrected chi connectivity index (χ2v) is 5.42. The van der Waals surface area contributed by atoms with Crippen molar-refractivity contribution in [2.75, 3.05) is 19.0 Å². The van der Waals surface area contributed by atoms with Gasteiger partial charge in [0.15, 0.2) is 0 Å². The zero-order valence-corrected chi connectivity index (χ0v) is 19.8. The molecule has 0 saturated heterocycles. The standard InChI is InChI=1S/C7H10N2.2C6H5NO3.H2O.Zn/c1-9(2)7-3-5-8-6-4-7;2*8-4-2-1-3-7-5(4)6(9)10;;/h3-6H,1-2H3;2*1-3,8H,(H,9,10);1H2;/q;;;;+2/p-1. The molecule has 12 heteroatoms. The second kappa shape index (κ2) is 15.2. The van der Waals surface area contributed by atoms with Crippen molar-refractivity contribution < 1.29 is 55.0 Å². The Balaban J connectivity index is 0. The Hall–Kier alpha value is -3.63. The van der Waals surface area contributed by atoms with E-state index in [1.807, 2.05) is 31.1 Å². The first-order valence-electron chi connectivity index (χ1n) is 8.02. The summed E-state index contributed by atoms with van der Waals surface area (Å²) in [4.78, 5) is 32.9. The summed E-state index contributed by atoms with van der Waals surface area (Å²) >= 11 is 0. The Morgan fingerprint density at radius 1 is 0.806 bits per heavy atom. The van der Waals surface area contributed by atoms with Gasteiger partial charge in [-0.05, 0) is 36.4 Å². The summed E-state index contributed by atoms with van der Waals surface area (Å²) in [6, 6.07) is 9.28. The molecule has 31 heavy (non-hydrogen) atoms. The molecule has 0 saturated carbocycles. The van der Waals surface area contributed by atoms with E-state index in [0.717, 1.165) is 0 Å². The number of carbonyl (C=O) groups excluding carboxylic acids is 2. The van der Waals surface area contributed by atoms with Crippen LogP contribution in [0.25, 0.3) is 0 Å². The molecule has 11 nitrogen and oxygen atoms in total. The number of rotatable bonds is 3. The van der Waals surface area contributed by atoms with Crippen molar-refractivity contribution in [3.63, 3.8) is 0 Å². The molecular weight excluding hydrogens is 462 g/mol. The van der Waals surface area contributed by atoms with Crippen molar-refractivity contribution >= 4 is 17.6 Å². The van der Waals surface area contributed by atoms with Crippen LogP contribution in [0, 0.1) is 0 Å². The fourth-order valence-corrected chi connectivity index (χ4v) is 1.75. The van der Waals surface area contributed by atoms with Gasteiger partial charge in [-0.15, -0.1) is 0 Å². The van der Waals surface area contributed by atoms with Crippen molar-refractivity contribution in [3.05, 3.63) is 72.6 Å². The van der Waals surface area contributed by atoms with E-state index in [1.54, 1.807) is 12.4 Å². The summed E-state index contributed by atoms with van der Waals surface area (Å²) in [7, 11) is 4.02. The van der Waals surface area contributed by atoms with Crippen LogP contribution in [0.1, 0.15) is 21.0 Å². The average Bonchev–Trinajstić information content (AvgIpc) is 2.70. The molecule has 0 fully saturated rings. The molecule has 0 radical (unpaired) electrons. The maximum Gasteiger partial charge on any atom is 2.00 e. The Kier molecular flexibility index (Phi) is 14.5. The predicted octanol–water partition coefficient (Wildman–Crippen LogP) is -1.48. The Morgan fingerprint density at radius 3 is 1.42 bits per heavy atom. The minimum absolute atomic E-state index is 0. The molecule has 0 amide bonds. The van der Waals surface area contributed by atoms with Crippen LogP contribution in [0.3, 0.4) is 0 Å². The molecule has 0 aliphatic heterocycles. The van der Waals surface area contributed by atoms with E-state index in [0.29, 0.717) is 0 Å². The van der Waals surface area contributed by atoms with Crippen molar-refractivity contribution in [2.45, 2.75) is 0 Å². The molecule has 5 N–H and O–H groups in total. The third kappa shape index (κ3) is 10.6. The van der Waals surface area contributed by atoms with Crippen LogP contribution in [0.4, 0.5) is 5.69 Å². The van der Waals surface area contributed by atoms with Gasteiger partial charge in [0, 0.05) is 44.6 Å². The topological polar surface area (TPSA) is 196 Å². The number of carboxylic acid groups (broad SMARTS) is 2.